The first kappa shape index (κ1) is 14.3. The van der Waals surface area contributed by atoms with Gasteiger partial charge in [-0.15, -0.1) is 0 Å². The van der Waals surface area contributed by atoms with Crippen molar-refractivity contribution in [3.63, 3.8) is 0 Å². The molecule has 0 aromatic heterocycles. The minimum atomic E-state index is 0.121. The van der Waals surface area contributed by atoms with Gasteiger partial charge in [-0.2, -0.15) is 0 Å². The third kappa shape index (κ3) is 3.92. The Kier molecular flexibility index (Phi) is 5.31. The Morgan fingerprint density at radius 2 is 2.05 bits per heavy atom. The van der Waals surface area contributed by atoms with Gasteiger partial charge in [0.05, 0.1) is 13.7 Å². The zero-order valence-electron chi connectivity index (χ0n) is 11.6. The highest BCUT2D eigenvalue weighted by atomic mass is 16.5. The molecule has 20 heavy (non-hydrogen) atoms. The lowest BCUT2D eigenvalue weighted by Gasteiger charge is -2.23. The fourth-order valence-corrected chi connectivity index (χ4v) is 1.91. The van der Waals surface area contributed by atoms with Crippen molar-refractivity contribution in [2.24, 2.45) is 5.92 Å². The monoisotopic (exact) mass is 273 g/mol. The summed E-state index contributed by atoms with van der Waals surface area (Å²) < 4.78 is 10.7. The number of methoxy groups -OCH3 is 1. The molecule has 1 N–H and O–H groups in total. The van der Waals surface area contributed by atoms with Crippen molar-refractivity contribution < 1.29 is 14.3 Å². The standard InChI is InChI=1S/C16H19NO3/c1-19-14-9-2-3-10-15(14)20-12-5-4-11-17-16(18)13-7-6-8-13/h2-3,9-10,13H,6-8,11-12H2,1H3,(H,17,18). The van der Waals surface area contributed by atoms with Crippen LogP contribution in [-0.2, 0) is 4.79 Å². The molecule has 0 aliphatic heterocycles. The van der Waals surface area contributed by atoms with E-state index in [9.17, 15) is 4.79 Å². The van der Waals surface area contributed by atoms with E-state index in [0.29, 0.717) is 18.0 Å². The van der Waals surface area contributed by atoms with Crippen molar-refractivity contribution in [3.05, 3.63) is 24.3 Å². The largest absolute Gasteiger partial charge is 0.493 e. The summed E-state index contributed by atoms with van der Waals surface area (Å²) in [5, 5.41) is 2.81. The van der Waals surface area contributed by atoms with Crippen LogP contribution in [0.4, 0.5) is 0 Å². The Hall–Kier alpha value is -2.15. The number of amides is 1. The molecule has 1 aliphatic carbocycles. The first-order valence-corrected chi connectivity index (χ1v) is 6.80. The van der Waals surface area contributed by atoms with E-state index in [0.717, 1.165) is 19.3 Å². The minimum absolute atomic E-state index is 0.121. The van der Waals surface area contributed by atoms with Crippen LogP contribution >= 0.6 is 0 Å². The van der Waals surface area contributed by atoms with Gasteiger partial charge in [0.1, 0.15) is 6.61 Å². The number of nitrogens with one attached hydrogen (secondary N) is 1. The predicted octanol–water partition coefficient (Wildman–Crippen LogP) is 1.99. The fourth-order valence-electron chi connectivity index (χ4n) is 1.91. The first-order chi connectivity index (χ1) is 9.81. The summed E-state index contributed by atoms with van der Waals surface area (Å²) >= 11 is 0. The van der Waals surface area contributed by atoms with Gasteiger partial charge in [-0.25, -0.2) is 0 Å². The molecule has 4 heteroatoms. The summed E-state index contributed by atoms with van der Waals surface area (Å²) in [4.78, 5) is 11.5. The van der Waals surface area contributed by atoms with Gasteiger partial charge < -0.3 is 14.8 Å². The Morgan fingerprint density at radius 3 is 2.70 bits per heavy atom. The van der Waals surface area contributed by atoms with Crippen molar-refractivity contribution >= 4 is 5.91 Å². The van der Waals surface area contributed by atoms with E-state index in [4.69, 9.17) is 9.47 Å². The molecule has 0 atom stereocenters. The van der Waals surface area contributed by atoms with E-state index in [1.165, 1.54) is 0 Å². The van der Waals surface area contributed by atoms with E-state index >= 15 is 0 Å². The lowest BCUT2D eigenvalue weighted by Crippen LogP contribution is -2.34. The normalized spacial score (nSPS) is 13.7. The molecule has 0 saturated heterocycles. The predicted molar refractivity (Wildman–Crippen MR) is 76.6 cm³/mol. The maximum atomic E-state index is 11.5. The van der Waals surface area contributed by atoms with Crippen molar-refractivity contribution in [2.75, 3.05) is 20.3 Å². The van der Waals surface area contributed by atoms with Crippen LogP contribution in [0.25, 0.3) is 0 Å². The van der Waals surface area contributed by atoms with Crippen LogP contribution in [0.1, 0.15) is 19.3 Å². The number of rotatable bonds is 5. The van der Waals surface area contributed by atoms with Crippen LogP contribution < -0.4 is 14.8 Å². The number of benzene rings is 1. The topological polar surface area (TPSA) is 47.6 Å². The molecule has 0 heterocycles. The second-order valence-corrected chi connectivity index (χ2v) is 4.64. The average molecular weight is 273 g/mol. The van der Waals surface area contributed by atoms with Crippen LogP contribution in [0.3, 0.4) is 0 Å². The Morgan fingerprint density at radius 1 is 1.30 bits per heavy atom. The zero-order valence-corrected chi connectivity index (χ0v) is 11.6. The molecule has 1 amide bonds. The second kappa shape index (κ2) is 7.44. The van der Waals surface area contributed by atoms with Crippen molar-refractivity contribution in [2.45, 2.75) is 19.3 Å². The summed E-state index contributed by atoms with van der Waals surface area (Å²) in [5.74, 6) is 7.44. The Balaban J connectivity index is 1.68. The average Bonchev–Trinajstić information content (AvgIpc) is 2.41. The molecule has 2 rings (SSSR count). The number of ether oxygens (including phenoxy) is 2. The van der Waals surface area contributed by atoms with Crippen molar-refractivity contribution in [1.82, 2.24) is 5.32 Å². The van der Waals surface area contributed by atoms with E-state index in [1.54, 1.807) is 7.11 Å². The highest BCUT2D eigenvalue weighted by molar-refractivity contribution is 5.79. The molecular weight excluding hydrogens is 254 g/mol. The minimum Gasteiger partial charge on any atom is -0.493 e. The third-order valence-corrected chi connectivity index (χ3v) is 3.32. The Labute approximate surface area is 119 Å². The van der Waals surface area contributed by atoms with E-state index < -0.39 is 0 Å². The Bertz CT molecular complexity index is 512. The molecule has 1 saturated carbocycles. The van der Waals surface area contributed by atoms with Gasteiger partial charge in [-0.05, 0) is 25.0 Å². The van der Waals surface area contributed by atoms with Gasteiger partial charge in [0.2, 0.25) is 5.91 Å². The van der Waals surface area contributed by atoms with Gasteiger partial charge in [0.25, 0.3) is 0 Å². The molecule has 0 unspecified atom stereocenters. The van der Waals surface area contributed by atoms with Crippen LogP contribution in [0.5, 0.6) is 11.5 Å². The van der Waals surface area contributed by atoms with Gasteiger partial charge in [-0.3, -0.25) is 4.79 Å². The molecule has 1 aromatic carbocycles. The number of carbonyl (C=O) groups excluding carboxylic acids is 1. The molecule has 106 valence electrons. The van der Waals surface area contributed by atoms with Crippen molar-refractivity contribution in [1.29, 1.82) is 0 Å². The van der Waals surface area contributed by atoms with Gasteiger partial charge in [0.15, 0.2) is 11.5 Å². The number of para-hydroxylation sites is 2. The second-order valence-electron chi connectivity index (χ2n) is 4.64. The van der Waals surface area contributed by atoms with Gasteiger partial charge >= 0.3 is 0 Å². The molecule has 1 aliphatic rings. The fraction of sp³-hybridized carbons (Fsp3) is 0.438. The summed E-state index contributed by atoms with van der Waals surface area (Å²) in [6, 6.07) is 7.43. The summed E-state index contributed by atoms with van der Waals surface area (Å²) in [7, 11) is 1.60. The van der Waals surface area contributed by atoms with Crippen LogP contribution in [0, 0.1) is 17.8 Å². The van der Waals surface area contributed by atoms with Crippen molar-refractivity contribution in [3.8, 4) is 23.3 Å². The molecular formula is C16H19NO3. The molecule has 4 nitrogen and oxygen atoms in total. The van der Waals surface area contributed by atoms with Gasteiger partial charge in [-0.1, -0.05) is 30.4 Å². The zero-order chi connectivity index (χ0) is 14.2. The van der Waals surface area contributed by atoms with Gasteiger partial charge in [0, 0.05) is 5.92 Å². The maximum Gasteiger partial charge on any atom is 0.223 e. The van der Waals surface area contributed by atoms with E-state index in [-0.39, 0.29) is 18.4 Å². The maximum absolute atomic E-state index is 11.5. The highest BCUT2D eigenvalue weighted by Crippen LogP contribution is 2.26. The van der Waals surface area contributed by atoms with Crippen LogP contribution in [0.15, 0.2) is 24.3 Å². The quantitative estimate of drug-likeness (QED) is 0.835. The summed E-state index contributed by atoms with van der Waals surface area (Å²) in [6.45, 7) is 0.657. The third-order valence-electron chi connectivity index (χ3n) is 3.32. The smallest absolute Gasteiger partial charge is 0.223 e. The lowest BCUT2D eigenvalue weighted by molar-refractivity contribution is -0.127. The molecule has 0 radical (unpaired) electrons. The molecule has 1 fully saturated rings. The number of carbonyl (C=O) groups is 1. The molecule has 1 aromatic rings. The SMILES string of the molecule is COc1ccccc1OCC#CCNC(=O)C1CCC1. The number of hydrogen-bond donors (Lipinski definition) is 1. The summed E-state index contributed by atoms with van der Waals surface area (Å²) in [6.07, 6.45) is 3.18. The highest BCUT2D eigenvalue weighted by Gasteiger charge is 2.24. The van der Waals surface area contributed by atoms with Crippen LogP contribution in [0.2, 0.25) is 0 Å². The first-order valence-electron chi connectivity index (χ1n) is 6.80. The molecule has 0 spiro atoms. The van der Waals surface area contributed by atoms with Crippen LogP contribution in [-0.4, -0.2) is 26.2 Å². The number of hydrogen-bond acceptors (Lipinski definition) is 3. The lowest BCUT2D eigenvalue weighted by atomic mass is 9.85. The summed E-state index contributed by atoms with van der Waals surface area (Å²) in [5.41, 5.74) is 0. The molecule has 0 bridgehead atoms. The van der Waals surface area contributed by atoms with E-state index in [1.807, 2.05) is 24.3 Å². The van der Waals surface area contributed by atoms with E-state index in [2.05, 4.69) is 17.2 Å².